The van der Waals surface area contributed by atoms with Crippen LogP contribution < -0.4 is 0 Å². The molecule has 0 fully saturated rings. The first-order chi connectivity index (χ1) is 9.61. The van der Waals surface area contributed by atoms with E-state index in [9.17, 15) is 4.39 Å². The Kier molecular flexibility index (Phi) is 2.84. The van der Waals surface area contributed by atoms with Gasteiger partial charge in [0, 0.05) is 6.20 Å². The van der Waals surface area contributed by atoms with Crippen LogP contribution in [0, 0.1) is 28.8 Å². The maximum Gasteiger partial charge on any atom is 0.184 e. The summed E-state index contributed by atoms with van der Waals surface area (Å²) in [6.45, 7) is 1.94. The van der Waals surface area contributed by atoms with Gasteiger partial charge < -0.3 is 4.98 Å². The average Bonchev–Trinajstić information content (AvgIpc) is 2.77. The van der Waals surface area contributed by atoms with Crippen LogP contribution in [0.5, 0.6) is 0 Å². The summed E-state index contributed by atoms with van der Waals surface area (Å²) in [7, 11) is 0. The van der Waals surface area contributed by atoms with Crippen molar-refractivity contribution in [3.8, 4) is 11.8 Å². The van der Waals surface area contributed by atoms with Crippen molar-refractivity contribution in [3.05, 3.63) is 52.2 Å². The minimum atomic E-state index is -0.458. The van der Waals surface area contributed by atoms with Crippen LogP contribution in [0.15, 0.2) is 30.5 Å². The minimum absolute atomic E-state index is 0.213. The highest BCUT2D eigenvalue weighted by Gasteiger charge is 2.13. The van der Waals surface area contributed by atoms with Crippen molar-refractivity contribution in [2.45, 2.75) is 6.92 Å². The number of aromatic nitrogens is 3. The fourth-order valence-electron chi connectivity index (χ4n) is 2.14. The molecule has 0 radical (unpaired) electrons. The molecule has 0 atom stereocenters. The highest BCUT2D eigenvalue weighted by atomic mass is 32.1. The summed E-state index contributed by atoms with van der Waals surface area (Å²) in [5.41, 5.74) is 3.16. The Balaban J connectivity index is 2.42. The summed E-state index contributed by atoms with van der Waals surface area (Å²) >= 11 is 5.30. The predicted molar refractivity (Wildman–Crippen MR) is 75.7 cm³/mol. The molecule has 4 nitrogen and oxygen atoms in total. The molecule has 3 rings (SSSR count). The molecule has 2 heterocycles. The van der Waals surface area contributed by atoms with Gasteiger partial charge in [-0.25, -0.2) is 9.37 Å². The summed E-state index contributed by atoms with van der Waals surface area (Å²) in [6.07, 6.45) is 1.67. The van der Waals surface area contributed by atoms with Gasteiger partial charge in [0.05, 0.1) is 16.8 Å². The van der Waals surface area contributed by atoms with E-state index >= 15 is 0 Å². The topological polar surface area (TPSA) is 57.4 Å². The van der Waals surface area contributed by atoms with Gasteiger partial charge in [0.2, 0.25) is 0 Å². The van der Waals surface area contributed by atoms with Crippen molar-refractivity contribution in [1.29, 1.82) is 5.26 Å². The lowest BCUT2D eigenvalue weighted by Gasteiger charge is -2.06. The van der Waals surface area contributed by atoms with Crippen LogP contribution in [0.3, 0.4) is 0 Å². The van der Waals surface area contributed by atoms with Gasteiger partial charge in [0.1, 0.15) is 11.9 Å². The number of fused-ring (bicyclic) bond motifs is 1. The van der Waals surface area contributed by atoms with E-state index in [-0.39, 0.29) is 5.56 Å². The largest absolute Gasteiger partial charge is 0.329 e. The number of halogens is 1. The second kappa shape index (κ2) is 4.54. The first-order valence-corrected chi connectivity index (χ1v) is 6.29. The van der Waals surface area contributed by atoms with E-state index in [1.807, 2.05) is 19.1 Å². The van der Waals surface area contributed by atoms with Gasteiger partial charge in [0.15, 0.2) is 10.4 Å². The fraction of sp³-hybridized carbons (Fsp3) is 0.0714. The van der Waals surface area contributed by atoms with Crippen molar-refractivity contribution < 1.29 is 4.39 Å². The molecule has 6 heteroatoms. The zero-order valence-electron chi connectivity index (χ0n) is 10.5. The third kappa shape index (κ3) is 1.80. The van der Waals surface area contributed by atoms with E-state index < -0.39 is 5.82 Å². The zero-order valence-corrected chi connectivity index (χ0v) is 11.3. The van der Waals surface area contributed by atoms with Gasteiger partial charge in [-0.05, 0) is 49.0 Å². The molecular formula is C14H9FN4S. The van der Waals surface area contributed by atoms with Crippen LogP contribution in [0.1, 0.15) is 11.1 Å². The first kappa shape index (κ1) is 12.5. The number of aryl methyl sites for hydroxylation is 1. The number of hydrogen-bond donors (Lipinski definition) is 1. The Bertz CT molecular complexity index is 917. The van der Waals surface area contributed by atoms with Crippen LogP contribution in [0.2, 0.25) is 0 Å². The molecule has 3 aromatic rings. The number of imidazole rings is 1. The summed E-state index contributed by atoms with van der Waals surface area (Å²) in [5, 5.41) is 9.16. The third-order valence-corrected chi connectivity index (χ3v) is 3.39. The van der Waals surface area contributed by atoms with Crippen molar-refractivity contribution in [3.63, 3.8) is 0 Å². The molecule has 1 N–H and O–H groups in total. The fourth-order valence-corrected chi connectivity index (χ4v) is 2.43. The molecule has 0 aliphatic heterocycles. The van der Waals surface area contributed by atoms with Crippen molar-refractivity contribution in [1.82, 2.24) is 14.5 Å². The van der Waals surface area contributed by atoms with Gasteiger partial charge >= 0.3 is 0 Å². The molecule has 0 amide bonds. The van der Waals surface area contributed by atoms with E-state index in [1.54, 1.807) is 10.8 Å². The monoisotopic (exact) mass is 284 g/mol. The van der Waals surface area contributed by atoms with Gasteiger partial charge in [-0.15, -0.1) is 0 Å². The van der Waals surface area contributed by atoms with Crippen molar-refractivity contribution in [2.24, 2.45) is 0 Å². The maximum atomic E-state index is 13.2. The summed E-state index contributed by atoms with van der Waals surface area (Å²) in [6, 6.07) is 7.86. The molecule has 98 valence electrons. The second-order valence-corrected chi connectivity index (χ2v) is 4.75. The molecule has 20 heavy (non-hydrogen) atoms. The van der Waals surface area contributed by atoms with Gasteiger partial charge in [-0.1, -0.05) is 0 Å². The molecular weight excluding hydrogens is 275 g/mol. The number of nitrogens with zero attached hydrogens (tertiary/aromatic N) is 3. The van der Waals surface area contributed by atoms with Crippen LogP contribution in [-0.4, -0.2) is 14.5 Å². The van der Waals surface area contributed by atoms with Gasteiger partial charge in [-0.3, -0.25) is 4.57 Å². The predicted octanol–water partition coefficient (Wildman–Crippen LogP) is 3.40. The Labute approximate surface area is 119 Å². The summed E-state index contributed by atoms with van der Waals surface area (Å²) in [5.74, 6) is -0.458. The number of pyridine rings is 1. The number of aromatic amines is 1. The summed E-state index contributed by atoms with van der Waals surface area (Å²) in [4.78, 5) is 7.37. The van der Waals surface area contributed by atoms with E-state index in [0.717, 1.165) is 11.1 Å². The molecule has 0 saturated carbocycles. The molecule has 0 unspecified atom stereocenters. The van der Waals surface area contributed by atoms with Crippen LogP contribution in [-0.2, 0) is 0 Å². The number of benzene rings is 1. The van der Waals surface area contributed by atoms with Crippen molar-refractivity contribution >= 4 is 23.4 Å². The van der Waals surface area contributed by atoms with Gasteiger partial charge in [0.25, 0.3) is 0 Å². The Hall–Kier alpha value is -2.52. The SMILES string of the molecule is Cc1ccnc2c1[nH]c(=S)n2-c1ccc(F)cc1C#N. The molecule has 0 aliphatic carbocycles. The van der Waals surface area contributed by atoms with Crippen LogP contribution in [0.25, 0.3) is 16.9 Å². The lowest BCUT2D eigenvalue weighted by Crippen LogP contribution is -1.99. The number of rotatable bonds is 1. The standard InChI is InChI=1S/C14H9FN4S/c1-8-4-5-17-13-12(8)18-14(20)19(13)11-3-2-10(15)6-9(11)7-16/h2-6H,1H3,(H,18,20). The Morgan fingerprint density at radius 1 is 1.40 bits per heavy atom. The quantitative estimate of drug-likeness (QED) is 0.697. The number of hydrogen-bond acceptors (Lipinski definition) is 3. The molecule has 0 aliphatic rings. The minimum Gasteiger partial charge on any atom is -0.329 e. The van der Waals surface area contributed by atoms with Crippen molar-refractivity contribution in [2.75, 3.05) is 0 Å². The lowest BCUT2D eigenvalue weighted by atomic mass is 10.2. The Morgan fingerprint density at radius 2 is 2.20 bits per heavy atom. The maximum absolute atomic E-state index is 13.2. The third-order valence-electron chi connectivity index (χ3n) is 3.11. The van der Waals surface area contributed by atoms with E-state index in [4.69, 9.17) is 17.5 Å². The molecule has 2 aromatic heterocycles. The zero-order chi connectivity index (χ0) is 14.3. The molecule has 0 spiro atoms. The number of nitriles is 1. The van der Waals surface area contributed by atoms with E-state index in [1.165, 1.54) is 18.2 Å². The lowest BCUT2D eigenvalue weighted by molar-refractivity contribution is 0.627. The normalized spacial score (nSPS) is 10.7. The second-order valence-electron chi connectivity index (χ2n) is 4.37. The molecule has 0 bridgehead atoms. The highest BCUT2D eigenvalue weighted by molar-refractivity contribution is 7.71. The molecule has 0 saturated heterocycles. The van der Waals surface area contributed by atoms with E-state index in [0.29, 0.717) is 16.1 Å². The number of H-pyrrole nitrogens is 1. The number of nitrogens with one attached hydrogen (secondary N) is 1. The van der Waals surface area contributed by atoms with Gasteiger partial charge in [-0.2, -0.15) is 5.26 Å². The summed E-state index contributed by atoms with van der Waals surface area (Å²) < 4.78 is 15.3. The average molecular weight is 284 g/mol. The first-order valence-electron chi connectivity index (χ1n) is 5.88. The molecule has 1 aromatic carbocycles. The highest BCUT2D eigenvalue weighted by Crippen LogP contribution is 2.22. The van der Waals surface area contributed by atoms with Crippen LogP contribution >= 0.6 is 12.2 Å². The van der Waals surface area contributed by atoms with Crippen LogP contribution in [0.4, 0.5) is 4.39 Å². The smallest absolute Gasteiger partial charge is 0.184 e. The van der Waals surface area contributed by atoms with E-state index in [2.05, 4.69) is 9.97 Å². The Morgan fingerprint density at radius 3 is 2.95 bits per heavy atom.